The summed E-state index contributed by atoms with van der Waals surface area (Å²) < 4.78 is 43.7. The van der Waals surface area contributed by atoms with E-state index in [9.17, 15) is 18.0 Å². The lowest BCUT2D eigenvalue weighted by Crippen LogP contribution is -2.47. The molecule has 3 heterocycles. The van der Waals surface area contributed by atoms with E-state index < -0.39 is 12.1 Å². The molecule has 29 heavy (non-hydrogen) atoms. The van der Waals surface area contributed by atoms with Gasteiger partial charge in [-0.3, -0.25) is 0 Å². The molecule has 0 radical (unpaired) electrons. The number of thiazole rings is 1. The topological polar surface area (TPSA) is 92.2 Å². The number of amides is 2. The van der Waals surface area contributed by atoms with E-state index in [2.05, 4.69) is 4.98 Å². The average Bonchev–Trinajstić information content (AvgIpc) is 3.22. The molecule has 0 saturated carbocycles. The van der Waals surface area contributed by atoms with Crippen molar-refractivity contribution in [3.63, 3.8) is 0 Å². The quantitative estimate of drug-likeness (QED) is 0.778. The molecule has 0 spiro atoms. The number of carbonyl (C=O) groups is 2. The Morgan fingerprint density at radius 1 is 1.45 bits per heavy atom. The number of aliphatic carboxylic acids is 1. The molecule has 3 rings (SSSR count). The number of urea groups is 1. The Morgan fingerprint density at radius 3 is 2.62 bits per heavy atom. The Bertz CT molecular complexity index is 713. The number of rotatable bonds is 3. The molecule has 2 aliphatic rings. The summed E-state index contributed by atoms with van der Waals surface area (Å²) in [4.78, 5) is 29.2. The summed E-state index contributed by atoms with van der Waals surface area (Å²) in [6, 6.07) is 0.168. The number of alkyl halides is 3. The highest BCUT2D eigenvalue weighted by atomic mass is 32.1. The summed E-state index contributed by atoms with van der Waals surface area (Å²) in [5, 5.41) is 10.2. The van der Waals surface area contributed by atoms with Crippen molar-refractivity contribution in [3.8, 4) is 0 Å². The van der Waals surface area contributed by atoms with Gasteiger partial charge in [0.15, 0.2) is 0 Å². The zero-order chi connectivity index (χ0) is 21.8. The normalized spacial score (nSPS) is 23.8. The van der Waals surface area contributed by atoms with Crippen LogP contribution in [0.4, 0.5) is 18.0 Å². The average molecular weight is 439 g/mol. The van der Waals surface area contributed by atoms with Crippen LogP contribution in [-0.4, -0.2) is 83.6 Å². The Labute approximate surface area is 170 Å². The maximum absolute atomic E-state index is 12.4. The van der Waals surface area contributed by atoms with Crippen molar-refractivity contribution in [3.05, 3.63) is 16.1 Å². The number of carboxylic acid groups (broad SMARTS) is 1. The van der Waals surface area contributed by atoms with Crippen LogP contribution in [0.5, 0.6) is 0 Å². The number of aryl methyl sites for hydroxylation is 1. The molecule has 12 heteroatoms. The zero-order valence-electron chi connectivity index (χ0n) is 16.3. The fourth-order valence-corrected chi connectivity index (χ4v) is 3.80. The number of carbonyl (C=O) groups excluding carboxylic acids is 1. The van der Waals surface area contributed by atoms with Gasteiger partial charge in [-0.15, -0.1) is 11.3 Å². The number of fused-ring (bicyclic) bond motifs is 1. The molecule has 0 aromatic carbocycles. The highest BCUT2D eigenvalue weighted by Gasteiger charge is 2.47. The number of nitrogens with zero attached hydrogens (tertiary/aromatic N) is 3. The predicted molar refractivity (Wildman–Crippen MR) is 97.7 cm³/mol. The predicted octanol–water partition coefficient (Wildman–Crippen LogP) is 2.51. The number of likely N-dealkylation sites (tertiary alicyclic amines) is 1. The smallest absolute Gasteiger partial charge is 0.475 e. The molecule has 2 aliphatic heterocycles. The Hall–Kier alpha value is -1.92. The monoisotopic (exact) mass is 439 g/mol. The maximum atomic E-state index is 12.4. The van der Waals surface area contributed by atoms with Gasteiger partial charge in [0.05, 0.1) is 29.9 Å². The van der Waals surface area contributed by atoms with Crippen LogP contribution in [0.3, 0.4) is 0 Å². The SMILES string of the molecule is Cc1nc(CO[C@@H]2CN(C(=O)N(C)C)[C@@H]3CCCO[C@@H]32)cs1.O=C(O)C(F)(F)F. The highest BCUT2D eigenvalue weighted by Crippen LogP contribution is 2.31. The third-order valence-electron chi connectivity index (χ3n) is 4.46. The van der Waals surface area contributed by atoms with E-state index in [0.29, 0.717) is 13.2 Å². The second-order valence-electron chi connectivity index (χ2n) is 6.88. The molecule has 1 aromatic heterocycles. The zero-order valence-corrected chi connectivity index (χ0v) is 17.1. The molecule has 2 amide bonds. The number of aromatic nitrogens is 1. The van der Waals surface area contributed by atoms with Gasteiger partial charge in [-0.1, -0.05) is 0 Å². The van der Waals surface area contributed by atoms with Gasteiger partial charge in [-0.25, -0.2) is 14.6 Å². The molecule has 0 unspecified atom stereocenters. The number of hydrogen-bond donors (Lipinski definition) is 1. The molecular formula is C17H24F3N3O5S. The molecule has 2 fully saturated rings. The molecule has 1 aromatic rings. The minimum Gasteiger partial charge on any atom is -0.475 e. The molecule has 164 valence electrons. The Kier molecular flexibility index (Phi) is 7.83. The van der Waals surface area contributed by atoms with Gasteiger partial charge < -0.3 is 24.4 Å². The van der Waals surface area contributed by atoms with Gasteiger partial charge in [0, 0.05) is 26.1 Å². The summed E-state index contributed by atoms with van der Waals surface area (Å²) in [6.07, 6.45) is -3.19. The standard InChI is InChI=1S/C15H23N3O3S.C2HF3O2/c1-10-16-11(9-22-10)8-21-13-7-18(15(19)17(2)3)12-5-4-6-20-14(12)13;3-2(4,5)1(6)7/h9,12-14H,4-8H2,1-3H3;(H,6,7)/t12-,13-,14+;/m1./s1. The second-order valence-corrected chi connectivity index (χ2v) is 7.95. The number of ether oxygens (including phenoxy) is 2. The first-order valence-corrected chi connectivity index (χ1v) is 9.81. The molecule has 0 bridgehead atoms. The van der Waals surface area contributed by atoms with Crippen LogP contribution >= 0.6 is 11.3 Å². The first-order chi connectivity index (χ1) is 13.5. The molecule has 3 atom stereocenters. The van der Waals surface area contributed by atoms with Gasteiger partial charge in [-0.2, -0.15) is 13.2 Å². The summed E-state index contributed by atoms with van der Waals surface area (Å²) in [6.45, 7) is 3.81. The van der Waals surface area contributed by atoms with Crippen LogP contribution in [0.15, 0.2) is 5.38 Å². The van der Waals surface area contributed by atoms with Crippen LogP contribution in [0, 0.1) is 6.92 Å². The van der Waals surface area contributed by atoms with Gasteiger partial charge in [0.25, 0.3) is 0 Å². The van der Waals surface area contributed by atoms with Crippen molar-refractivity contribution in [1.82, 2.24) is 14.8 Å². The first kappa shape index (κ1) is 23.4. The summed E-state index contributed by atoms with van der Waals surface area (Å²) >= 11 is 1.63. The number of carboxylic acids is 1. The minimum atomic E-state index is -5.08. The largest absolute Gasteiger partial charge is 0.490 e. The van der Waals surface area contributed by atoms with Crippen LogP contribution in [0.2, 0.25) is 0 Å². The molecule has 1 N–H and O–H groups in total. The van der Waals surface area contributed by atoms with Crippen molar-refractivity contribution < 1.29 is 37.3 Å². The second kappa shape index (κ2) is 9.72. The van der Waals surface area contributed by atoms with Gasteiger partial charge in [-0.05, 0) is 19.8 Å². The first-order valence-electron chi connectivity index (χ1n) is 8.93. The molecule has 8 nitrogen and oxygen atoms in total. The minimum absolute atomic E-state index is 0.0163. The van der Waals surface area contributed by atoms with Crippen LogP contribution in [0.1, 0.15) is 23.5 Å². The van der Waals surface area contributed by atoms with Crippen LogP contribution < -0.4 is 0 Å². The molecular weight excluding hydrogens is 415 g/mol. The van der Waals surface area contributed by atoms with E-state index in [1.165, 1.54) is 0 Å². The molecule has 0 aliphatic carbocycles. The summed E-state index contributed by atoms with van der Waals surface area (Å²) in [5.74, 6) is -2.76. The van der Waals surface area contributed by atoms with Crippen molar-refractivity contribution in [2.24, 2.45) is 0 Å². The lowest BCUT2D eigenvalue weighted by atomic mass is 10.0. The van der Waals surface area contributed by atoms with Crippen LogP contribution in [-0.2, 0) is 20.9 Å². The number of halogens is 3. The highest BCUT2D eigenvalue weighted by molar-refractivity contribution is 7.09. The summed E-state index contributed by atoms with van der Waals surface area (Å²) in [7, 11) is 3.57. The summed E-state index contributed by atoms with van der Waals surface area (Å²) in [5.41, 5.74) is 0.951. The van der Waals surface area contributed by atoms with Crippen molar-refractivity contribution in [1.29, 1.82) is 0 Å². The van der Waals surface area contributed by atoms with E-state index in [1.807, 2.05) is 17.2 Å². The van der Waals surface area contributed by atoms with E-state index >= 15 is 0 Å². The lowest BCUT2D eigenvalue weighted by Gasteiger charge is -2.33. The van der Waals surface area contributed by atoms with E-state index in [1.54, 1.807) is 30.3 Å². The molecule has 2 saturated heterocycles. The fraction of sp³-hybridized carbons (Fsp3) is 0.706. The van der Waals surface area contributed by atoms with E-state index in [4.69, 9.17) is 19.4 Å². The van der Waals surface area contributed by atoms with Gasteiger partial charge in [0.2, 0.25) is 0 Å². The van der Waals surface area contributed by atoms with E-state index in [0.717, 1.165) is 30.2 Å². The Balaban J connectivity index is 0.000000370. The fourth-order valence-electron chi connectivity index (χ4n) is 3.20. The van der Waals surface area contributed by atoms with Crippen molar-refractivity contribution in [2.45, 2.75) is 50.8 Å². The van der Waals surface area contributed by atoms with Crippen LogP contribution in [0.25, 0.3) is 0 Å². The van der Waals surface area contributed by atoms with Crippen molar-refractivity contribution in [2.75, 3.05) is 27.2 Å². The lowest BCUT2D eigenvalue weighted by molar-refractivity contribution is -0.192. The number of hydrogen-bond acceptors (Lipinski definition) is 6. The third kappa shape index (κ3) is 6.28. The van der Waals surface area contributed by atoms with Gasteiger partial charge >= 0.3 is 18.2 Å². The van der Waals surface area contributed by atoms with Crippen molar-refractivity contribution >= 4 is 23.3 Å². The van der Waals surface area contributed by atoms with E-state index in [-0.39, 0.29) is 24.3 Å². The third-order valence-corrected chi connectivity index (χ3v) is 5.28. The maximum Gasteiger partial charge on any atom is 0.490 e. The van der Waals surface area contributed by atoms with Gasteiger partial charge in [0.1, 0.15) is 12.2 Å². The Morgan fingerprint density at radius 2 is 2.10 bits per heavy atom.